The van der Waals surface area contributed by atoms with Crippen LogP contribution < -0.4 is 0 Å². The molecule has 0 N–H and O–H groups in total. The van der Waals surface area contributed by atoms with Crippen LogP contribution in [0.5, 0.6) is 0 Å². The van der Waals surface area contributed by atoms with E-state index in [9.17, 15) is 0 Å². The van der Waals surface area contributed by atoms with Gasteiger partial charge in [-0.2, -0.15) is 0 Å². The van der Waals surface area contributed by atoms with E-state index in [2.05, 4.69) is 32.7 Å². The van der Waals surface area contributed by atoms with Crippen molar-refractivity contribution in [1.82, 2.24) is 4.90 Å². The fraction of sp³-hybridized carbons (Fsp3) is 1.00. The minimum atomic E-state index is 0.885. The molecule has 1 saturated carbocycles. The zero-order valence-corrected chi connectivity index (χ0v) is 12.5. The molecular formula is C16H33N. The van der Waals surface area contributed by atoms with E-state index in [1.165, 1.54) is 57.9 Å². The van der Waals surface area contributed by atoms with Crippen molar-refractivity contribution in [2.24, 2.45) is 11.8 Å². The first-order chi connectivity index (χ1) is 8.13. The summed E-state index contributed by atoms with van der Waals surface area (Å²) in [6.07, 6.45) is 11.4. The smallest absolute Gasteiger partial charge is 0.00924 e. The maximum absolute atomic E-state index is 2.63. The van der Waals surface area contributed by atoms with Gasteiger partial charge in [0.15, 0.2) is 0 Å². The van der Waals surface area contributed by atoms with Crippen molar-refractivity contribution in [3.63, 3.8) is 0 Å². The molecule has 1 rings (SSSR count). The fourth-order valence-corrected chi connectivity index (χ4v) is 3.28. The molecule has 1 nitrogen and oxygen atoms in total. The van der Waals surface area contributed by atoms with Crippen molar-refractivity contribution in [3.05, 3.63) is 0 Å². The molecule has 102 valence electrons. The second-order valence-corrected chi connectivity index (χ2v) is 6.49. The maximum Gasteiger partial charge on any atom is 0.00924 e. The Hall–Kier alpha value is -0.0400. The van der Waals surface area contributed by atoms with E-state index >= 15 is 0 Å². The Balaban J connectivity index is 2.17. The molecule has 0 aromatic heterocycles. The van der Waals surface area contributed by atoms with Crippen LogP contribution in [-0.2, 0) is 0 Å². The Kier molecular flexibility index (Phi) is 7.18. The average Bonchev–Trinajstić information content (AvgIpc) is 2.29. The van der Waals surface area contributed by atoms with Gasteiger partial charge in [0.25, 0.3) is 0 Å². The quantitative estimate of drug-likeness (QED) is 0.581. The molecule has 1 aliphatic rings. The SMILES string of the molecule is CCCCCN(C)C1CCC(CC(C)C)CC1. The normalized spacial score (nSPS) is 25.8. The van der Waals surface area contributed by atoms with Crippen LogP contribution in [-0.4, -0.2) is 24.5 Å². The standard InChI is InChI=1S/C16H33N/c1-5-6-7-12-17(4)16-10-8-15(9-11-16)13-14(2)3/h14-16H,5-13H2,1-4H3. The maximum atomic E-state index is 2.63. The molecule has 1 fully saturated rings. The van der Waals surface area contributed by atoms with Crippen LogP contribution in [0.25, 0.3) is 0 Å². The lowest BCUT2D eigenvalue weighted by Crippen LogP contribution is -2.36. The summed E-state index contributed by atoms with van der Waals surface area (Å²) < 4.78 is 0. The minimum Gasteiger partial charge on any atom is -0.303 e. The van der Waals surface area contributed by atoms with E-state index in [4.69, 9.17) is 0 Å². The Morgan fingerprint density at radius 1 is 1.06 bits per heavy atom. The van der Waals surface area contributed by atoms with E-state index in [-0.39, 0.29) is 0 Å². The summed E-state index contributed by atoms with van der Waals surface area (Å²) in [5, 5.41) is 0. The van der Waals surface area contributed by atoms with Crippen molar-refractivity contribution < 1.29 is 0 Å². The van der Waals surface area contributed by atoms with E-state index in [0.717, 1.165) is 17.9 Å². The Labute approximate surface area is 109 Å². The van der Waals surface area contributed by atoms with Crippen LogP contribution in [0.4, 0.5) is 0 Å². The first-order valence-electron chi connectivity index (χ1n) is 7.83. The minimum absolute atomic E-state index is 0.885. The molecule has 0 aliphatic heterocycles. The first kappa shape index (κ1) is 15.0. The topological polar surface area (TPSA) is 3.24 Å². The van der Waals surface area contributed by atoms with Crippen molar-refractivity contribution in [1.29, 1.82) is 0 Å². The molecular weight excluding hydrogens is 206 g/mol. The number of nitrogens with zero attached hydrogens (tertiary/aromatic N) is 1. The number of hydrogen-bond donors (Lipinski definition) is 0. The lowest BCUT2D eigenvalue weighted by molar-refractivity contribution is 0.154. The first-order valence-corrected chi connectivity index (χ1v) is 7.83. The summed E-state index contributed by atoms with van der Waals surface area (Å²) in [6.45, 7) is 8.33. The summed E-state index contributed by atoms with van der Waals surface area (Å²) in [5.41, 5.74) is 0. The number of rotatable bonds is 7. The van der Waals surface area contributed by atoms with Gasteiger partial charge in [-0.15, -0.1) is 0 Å². The van der Waals surface area contributed by atoms with Crippen molar-refractivity contribution in [2.75, 3.05) is 13.6 Å². The van der Waals surface area contributed by atoms with Crippen LogP contribution >= 0.6 is 0 Å². The summed E-state index contributed by atoms with van der Waals surface area (Å²) in [6, 6.07) is 0.885. The third-order valence-corrected chi connectivity index (χ3v) is 4.36. The van der Waals surface area contributed by atoms with Gasteiger partial charge in [-0.3, -0.25) is 0 Å². The van der Waals surface area contributed by atoms with E-state index in [0.29, 0.717) is 0 Å². The zero-order chi connectivity index (χ0) is 12.7. The van der Waals surface area contributed by atoms with Crippen LogP contribution in [0.2, 0.25) is 0 Å². The van der Waals surface area contributed by atoms with Gasteiger partial charge in [0.1, 0.15) is 0 Å². The highest BCUT2D eigenvalue weighted by atomic mass is 15.1. The predicted molar refractivity (Wildman–Crippen MR) is 77.4 cm³/mol. The molecule has 0 aromatic carbocycles. The summed E-state index contributed by atoms with van der Waals surface area (Å²) in [4.78, 5) is 2.63. The van der Waals surface area contributed by atoms with Crippen LogP contribution in [0.15, 0.2) is 0 Å². The molecule has 0 spiro atoms. The number of hydrogen-bond acceptors (Lipinski definition) is 1. The molecule has 1 aliphatic carbocycles. The Bertz CT molecular complexity index is 180. The predicted octanol–water partition coefficient (Wildman–Crippen LogP) is 4.71. The van der Waals surface area contributed by atoms with Crippen molar-refractivity contribution in [2.45, 2.75) is 78.2 Å². The molecule has 0 bridgehead atoms. The Morgan fingerprint density at radius 3 is 2.24 bits per heavy atom. The summed E-state index contributed by atoms with van der Waals surface area (Å²) in [7, 11) is 2.34. The molecule has 17 heavy (non-hydrogen) atoms. The molecule has 0 atom stereocenters. The molecule has 0 heterocycles. The molecule has 0 unspecified atom stereocenters. The van der Waals surface area contributed by atoms with E-state index in [1.54, 1.807) is 0 Å². The van der Waals surface area contributed by atoms with Crippen LogP contribution in [0.1, 0.15) is 72.1 Å². The largest absolute Gasteiger partial charge is 0.303 e. The molecule has 0 amide bonds. The zero-order valence-electron chi connectivity index (χ0n) is 12.5. The summed E-state index contributed by atoms with van der Waals surface area (Å²) in [5.74, 6) is 1.91. The van der Waals surface area contributed by atoms with Gasteiger partial charge in [-0.25, -0.2) is 0 Å². The second-order valence-electron chi connectivity index (χ2n) is 6.49. The molecule has 0 saturated heterocycles. The fourth-order valence-electron chi connectivity index (χ4n) is 3.28. The van der Waals surface area contributed by atoms with Gasteiger partial charge in [-0.05, 0) is 64.0 Å². The van der Waals surface area contributed by atoms with E-state index in [1.807, 2.05) is 0 Å². The highest BCUT2D eigenvalue weighted by Crippen LogP contribution is 2.31. The van der Waals surface area contributed by atoms with Gasteiger partial charge >= 0.3 is 0 Å². The number of unbranched alkanes of at least 4 members (excludes halogenated alkanes) is 2. The van der Waals surface area contributed by atoms with Crippen molar-refractivity contribution in [3.8, 4) is 0 Å². The Morgan fingerprint density at radius 2 is 1.71 bits per heavy atom. The summed E-state index contributed by atoms with van der Waals surface area (Å²) >= 11 is 0. The molecule has 1 heteroatoms. The van der Waals surface area contributed by atoms with Gasteiger partial charge in [-0.1, -0.05) is 33.6 Å². The van der Waals surface area contributed by atoms with E-state index < -0.39 is 0 Å². The van der Waals surface area contributed by atoms with Crippen molar-refractivity contribution >= 4 is 0 Å². The van der Waals surface area contributed by atoms with Crippen LogP contribution in [0, 0.1) is 11.8 Å². The lowest BCUT2D eigenvalue weighted by atomic mass is 9.81. The highest BCUT2D eigenvalue weighted by molar-refractivity contribution is 4.78. The second kappa shape index (κ2) is 8.13. The average molecular weight is 239 g/mol. The third kappa shape index (κ3) is 5.90. The van der Waals surface area contributed by atoms with Gasteiger partial charge < -0.3 is 4.90 Å². The monoisotopic (exact) mass is 239 g/mol. The third-order valence-electron chi connectivity index (χ3n) is 4.36. The highest BCUT2D eigenvalue weighted by Gasteiger charge is 2.23. The lowest BCUT2D eigenvalue weighted by Gasteiger charge is -2.35. The van der Waals surface area contributed by atoms with Gasteiger partial charge in [0.2, 0.25) is 0 Å². The van der Waals surface area contributed by atoms with Crippen LogP contribution in [0.3, 0.4) is 0 Å². The molecule has 0 aromatic rings. The molecule has 0 radical (unpaired) electrons. The van der Waals surface area contributed by atoms with Gasteiger partial charge in [0, 0.05) is 6.04 Å². The van der Waals surface area contributed by atoms with Gasteiger partial charge in [0.05, 0.1) is 0 Å².